The van der Waals surface area contributed by atoms with Gasteiger partial charge in [-0.15, -0.1) is 0 Å². The van der Waals surface area contributed by atoms with Crippen LogP contribution < -0.4 is 16.4 Å². The van der Waals surface area contributed by atoms with E-state index in [0.29, 0.717) is 11.3 Å². The van der Waals surface area contributed by atoms with Crippen molar-refractivity contribution in [3.8, 4) is 0 Å². The highest BCUT2D eigenvalue weighted by molar-refractivity contribution is 6.05. The molecule has 2 amide bonds. The molecular formula is C20H23N3O2. The first kappa shape index (κ1) is 17.2. The molecule has 1 aliphatic rings. The molecular weight excluding hydrogens is 314 g/mol. The first-order chi connectivity index (χ1) is 12.1. The van der Waals surface area contributed by atoms with Crippen LogP contribution >= 0.6 is 0 Å². The fourth-order valence-corrected chi connectivity index (χ4v) is 3.09. The van der Waals surface area contributed by atoms with Crippen molar-refractivity contribution in [1.29, 1.82) is 0 Å². The molecule has 0 saturated heterocycles. The third-order valence-electron chi connectivity index (χ3n) is 4.63. The van der Waals surface area contributed by atoms with Crippen molar-refractivity contribution >= 4 is 23.2 Å². The number of anilines is 2. The largest absolute Gasteiger partial charge is 0.324 e. The molecule has 130 valence electrons. The molecule has 0 bridgehead atoms. The van der Waals surface area contributed by atoms with Crippen molar-refractivity contribution < 1.29 is 9.59 Å². The molecule has 0 atom stereocenters. The zero-order valence-corrected chi connectivity index (χ0v) is 14.1. The summed E-state index contributed by atoms with van der Waals surface area (Å²) < 4.78 is 0. The number of carbonyl (C=O) groups is 2. The Hall–Kier alpha value is -2.66. The number of hydrogen-bond acceptors (Lipinski definition) is 3. The minimum atomic E-state index is -0.776. The molecule has 1 saturated carbocycles. The molecule has 0 unspecified atom stereocenters. The summed E-state index contributed by atoms with van der Waals surface area (Å²) >= 11 is 0. The van der Waals surface area contributed by atoms with Gasteiger partial charge >= 0.3 is 0 Å². The van der Waals surface area contributed by atoms with Gasteiger partial charge in [-0.05, 0) is 49.2 Å². The third kappa shape index (κ3) is 4.25. The Morgan fingerprint density at radius 2 is 1.40 bits per heavy atom. The Morgan fingerprint density at radius 1 is 0.800 bits per heavy atom. The third-order valence-corrected chi connectivity index (χ3v) is 4.63. The molecule has 4 N–H and O–H groups in total. The molecule has 0 aromatic heterocycles. The van der Waals surface area contributed by atoms with E-state index in [1.807, 2.05) is 30.3 Å². The summed E-state index contributed by atoms with van der Waals surface area (Å²) in [7, 11) is 0. The predicted octanol–water partition coefficient (Wildman–Crippen LogP) is 3.54. The van der Waals surface area contributed by atoms with Crippen molar-refractivity contribution in [2.24, 2.45) is 5.73 Å². The average Bonchev–Trinajstić information content (AvgIpc) is 2.64. The molecule has 3 rings (SSSR count). The highest BCUT2D eigenvalue weighted by atomic mass is 16.2. The fourth-order valence-electron chi connectivity index (χ4n) is 3.09. The Balaban J connectivity index is 1.62. The van der Waals surface area contributed by atoms with Crippen molar-refractivity contribution in [3.63, 3.8) is 0 Å². The summed E-state index contributed by atoms with van der Waals surface area (Å²) in [5.74, 6) is -0.333. The van der Waals surface area contributed by atoms with Crippen molar-refractivity contribution in [3.05, 3.63) is 60.2 Å². The lowest BCUT2D eigenvalue weighted by Gasteiger charge is -2.31. The van der Waals surface area contributed by atoms with Crippen LogP contribution in [0.2, 0.25) is 0 Å². The van der Waals surface area contributed by atoms with Gasteiger partial charge in [0.15, 0.2) is 0 Å². The number of nitrogens with two attached hydrogens (primary N) is 1. The van der Waals surface area contributed by atoms with Crippen LogP contribution in [0.4, 0.5) is 11.4 Å². The zero-order valence-electron chi connectivity index (χ0n) is 14.1. The first-order valence-corrected chi connectivity index (χ1v) is 8.64. The summed E-state index contributed by atoms with van der Waals surface area (Å²) in [6.45, 7) is 0. The van der Waals surface area contributed by atoms with Crippen LogP contribution in [0.15, 0.2) is 54.6 Å². The molecule has 0 aliphatic heterocycles. The van der Waals surface area contributed by atoms with Gasteiger partial charge in [0, 0.05) is 16.9 Å². The number of carbonyl (C=O) groups excluding carboxylic acids is 2. The Kier molecular flexibility index (Phi) is 5.14. The minimum Gasteiger partial charge on any atom is -0.324 e. The predicted molar refractivity (Wildman–Crippen MR) is 99.5 cm³/mol. The highest BCUT2D eigenvalue weighted by Gasteiger charge is 2.35. The summed E-state index contributed by atoms with van der Waals surface area (Å²) in [5, 5.41) is 5.70. The van der Waals surface area contributed by atoms with E-state index in [1.54, 1.807) is 24.3 Å². The normalized spacial score (nSPS) is 16.0. The van der Waals surface area contributed by atoms with Crippen LogP contribution in [0, 0.1) is 0 Å². The number of hydrogen-bond donors (Lipinski definition) is 3. The van der Waals surface area contributed by atoms with E-state index in [9.17, 15) is 9.59 Å². The number of amides is 2. The molecule has 5 heteroatoms. The maximum Gasteiger partial charge on any atom is 0.255 e. The van der Waals surface area contributed by atoms with Gasteiger partial charge in [0.2, 0.25) is 5.91 Å². The zero-order chi connectivity index (χ0) is 17.7. The van der Waals surface area contributed by atoms with E-state index in [0.717, 1.165) is 37.8 Å². The van der Waals surface area contributed by atoms with Crippen molar-refractivity contribution in [1.82, 2.24) is 0 Å². The standard InChI is InChI=1S/C20H23N3O2/c21-20(13-5-2-6-14-20)19(25)23-17-11-9-15(10-12-17)18(24)22-16-7-3-1-4-8-16/h1,3-4,7-12H,2,5-6,13-14,21H2,(H,22,24)(H,23,25). The van der Waals surface area contributed by atoms with Gasteiger partial charge in [-0.25, -0.2) is 0 Å². The average molecular weight is 337 g/mol. The lowest BCUT2D eigenvalue weighted by Crippen LogP contribution is -2.52. The molecule has 25 heavy (non-hydrogen) atoms. The second kappa shape index (κ2) is 7.49. The second-order valence-electron chi connectivity index (χ2n) is 6.57. The summed E-state index contributed by atoms with van der Waals surface area (Å²) in [6.07, 6.45) is 4.55. The Labute approximate surface area is 147 Å². The van der Waals surface area contributed by atoms with Crippen LogP contribution in [-0.2, 0) is 4.79 Å². The number of para-hydroxylation sites is 1. The van der Waals surface area contributed by atoms with Gasteiger partial charge in [0.05, 0.1) is 5.54 Å². The lowest BCUT2D eigenvalue weighted by atomic mass is 9.82. The van der Waals surface area contributed by atoms with E-state index in [1.165, 1.54) is 0 Å². The molecule has 2 aromatic rings. The number of benzene rings is 2. The van der Waals surface area contributed by atoms with E-state index in [-0.39, 0.29) is 11.8 Å². The van der Waals surface area contributed by atoms with Gasteiger partial charge in [0.25, 0.3) is 5.91 Å². The summed E-state index contributed by atoms with van der Waals surface area (Å²) in [6, 6.07) is 16.1. The van der Waals surface area contributed by atoms with E-state index < -0.39 is 5.54 Å². The Morgan fingerprint density at radius 3 is 2.04 bits per heavy atom. The van der Waals surface area contributed by atoms with Crippen LogP contribution in [0.3, 0.4) is 0 Å². The number of rotatable bonds is 4. The minimum absolute atomic E-state index is 0.145. The van der Waals surface area contributed by atoms with Crippen LogP contribution in [0.5, 0.6) is 0 Å². The Bertz CT molecular complexity index is 735. The molecule has 1 aliphatic carbocycles. The fraction of sp³-hybridized carbons (Fsp3) is 0.300. The second-order valence-corrected chi connectivity index (χ2v) is 6.57. The van der Waals surface area contributed by atoms with E-state index >= 15 is 0 Å². The van der Waals surface area contributed by atoms with Gasteiger partial charge in [-0.2, -0.15) is 0 Å². The maximum atomic E-state index is 12.4. The van der Waals surface area contributed by atoms with Crippen molar-refractivity contribution in [2.75, 3.05) is 10.6 Å². The first-order valence-electron chi connectivity index (χ1n) is 8.64. The lowest BCUT2D eigenvalue weighted by molar-refractivity contribution is -0.122. The van der Waals surface area contributed by atoms with Gasteiger partial charge in [-0.3, -0.25) is 9.59 Å². The molecule has 1 fully saturated rings. The smallest absolute Gasteiger partial charge is 0.255 e. The summed E-state index contributed by atoms with van der Waals surface area (Å²) in [4.78, 5) is 24.7. The quantitative estimate of drug-likeness (QED) is 0.798. The summed E-state index contributed by atoms with van der Waals surface area (Å²) in [5.41, 5.74) is 7.38. The maximum absolute atomic E-state index is 12.4. The van der Waals surface area contributed by atoms with Crippen LogP contribution in [0.1, 0.15) is 42.5 Å². The van der Waals surface area contributed by atoms with Gasteiger partial charge in [0.1, 0.15) is 0 Å². The monoisotopic (exact) mass is 337 g/mol. The van der Waals surface area contributed by atoms with Crippen LogP contribution in [0.25, 0.3) is 0 Å². The topological polar surface area (TPSA) is 84.2 Å². The molecule has 0 radical (unpaired) electrons. The molecule has 2 aromatic carbocycles. The molecule has 5 nitrogen and oxygen atoms in total. The van der Waals surface area contributed by atoms with Gasteiger partial charge < -0.3 is 16.4 Å². The molecule has 0 spiro atoms. The van der Waals surface area contributed by atoms with Gasteiger partial charge in [-0.1, -0.05) is 37.5 Å². The van der Waals surface area contributed by atoms with E-state index in [4.69, 9.17) is 5.73 Å². The van der Waals surface area contributed by atoms with Crippen LogP contribution in [-0.4, -0.2) is 17.4 Å². The van der Waals surface area contributed by atoms with Crippen molar-refractivity contribution in [2.45, 2.75) is 37.6 Å². The van der Waals surface area contributed by atoms with E-state index in [2.05, 4.69) is 10.6 Å². The number of nitrogens with one attached hydrogen (secondary N) is 2. The molecule has 0 heterocycles. The highest BCUT2D eigenvalue weighted by Crippen LogP contribution is 2.27. The SMILES string of the molecule is NC1(C(=O)Nc2ccc(C(=O)Nc3ccccc3)cc2)CCCCC1.